The molecule has 0 spiro atoms. The number of rotatable bonds is 9. The van der Waals surface area contributed by atoms with Crippen LogP contribution in [-0.4, -0.2) is 37.2 Å². The van der Waals surface area contributed by atoms with Crippen LogP contribution in [0.1, 0.15) is 5.56 Å². The van der Waals surface area contributed by atoms with Crippen LogP contribution in [0.15, 0.2) is 65.6 Å². The molecular formula is C21H29NO3SSi. The van der Waals surface area contributed by atoms with Gasteiger partial charge in [-0.15, -0.1) is 11.8 Å². The van der Waals surface area contributed by atoms with Gasteiger partial charge >= 0.3 is 6.09 Å². The minimum atomic E-state index is -1.46. The average Bonchev–Trinajstić information content (AvgIpc) is 2.63. The number of carbonyl (C=O) groups excluding carboxylic acids is 1. The van der Waals surface area contributed by atoms with Crippen molar-refractivity contribution in [2.24, 2.45) is 0 Å². The first-order valence-electron chi connectivity index (χ1n) is 9.16. The zero-order valence-corrected chi connectivity index (χ0v) is 18.0. The molecule has 0 unspecified atom stereocenters. The van der Waals surface area contributed by atoms with Crippen LogP contribution >= 0.6 is 11.8 Å². The molecule has 0 saturated carbocycles. The molecule has 146 valence electrons. The Kier molecular flexibility index (Phi) is 8.41. The normalized spacial score (nSPS) is 13.6. The molecule has 27 heavy (non-hydrogen) atoms. The summed E-state index contributed by atoms with van der Waals surface area (Å²) in [4.78, 5) is 13.4. The van der Waals surface area contributed by atoms with E-state index >= 15 is 0 Å². The molecule has 0 radical (unpaired) electrons. The van der Waals surface area contributed by atoms with Gasteiger partial charge in [-0.1, -0.05) is 68.2 Å². The molecule has 0 aliphatic rings. The van der Waals surface area contributed by atoms with Crippen LogP contribution in [0.5, 0.6) is 0 Å². The van der Waals surface area contributed by atoms with Gasteiger partial charge in [-0.25, -0.2) is 4.79 Å². The topological polar surface area (TPSA) is 58.6 Å². The summed E-state index contributed by atoms with van der Waals surface area (Å²) in [6.45, 7) is 6.86. The lowest BCUT2D eigenvalue weighted by Gasteiger charge is -2.28. The number of carbonyl (C=O) groups is 1. The van der Waals surface area contributed by atoms with Crippen LogP contribution in [0.3, 0.4) is 0 Å². The molecule has 0 saturated heterocycles. The van der Waals surface area contributed by atoms with Crippen molar-refractivity contribution in [2.45, 2.75) is 49.3 Å². The standard InChI is InChI=1S/C21H29NO3SSi/c1-27(2,3)16-20(23)19(15-26-18-12-8-5-9-13-18)22-21(24)25-14-17-10-6-4-7-11-17/h4-13,19-20,23H,14-16H2,1-3H3,(H,22,24)/t19-,20-/m0/s1. The summed E-state index contributed by atoms with van der Waals surface area (Å²) in [7, 11) is -1.46. The quantitative estimate of drug-likeness (QED) is 0.468. The number of aliphatic hydroxyl groups excluding tert-OH is 1. The summed E-state index contributed by atoms with van der Waals surface area (Å²) in [5.74, 6) is 0.593. The van der Waals surface area contributed by atoms with E-state index in [9.17, 15) is 9.90 Å². The second-order valence-corrected chi connectivity index (χ2v) is 14.4. The Balaban J connectivity index is 1.94. The van der Waals surface area contributed by atoms with Crippen LogP contribution in [0.4, 0.5) is 4.79 Å². The van der Waals surface area contributed by atoms with Crippen LogP contribution in [-0.2, 0) is 11.3 Å². The molecule has 2 aromatic rings. The lowest BCUT2D eigenvalue weighted by molar-refractivity contribution is 0.114. The Morgan fingerprint density at radius 3 is 2.26 bits per heavy atom. The van der Waals surface area contributed by atoms with Crippen LogP contribution in [0.25, 0.3) is 0 Å². The molecule has 0 aliphatic carbocycles. The minimum Gasteiger partial charge on any atom is -0.445 e. The van der Waals surface area contributed by atoms with Crippen molar-refractivity contribution in [3.8, 4) is 0 Å². The zero-order chi connectivity index (χ0) is 19.7. The smallest absolute Gasteiger partial charge is 0.407 e. The lowest BCUT2D eigenvalue weighted by atomic mass is 10.2. The highest BCUT2D eigenvalue weighted by Gasteiger charge is 2.27. The molecule has 0 bridgehead atoms. The van der Waals surface area contributed by atoms with Crippen LogP contribution in [0, 0.1) is 0 Å². The monoisotopic (exact) mass is 403 g/mol. The van der Waals surface area contributed by atoms with Gasteiger partial charge in [0.05, 0.1) is 12.1 Å². The van der Waals surface area contributed by atoms with Gasteiger partial charge in [0, 0.05) is 18.7 Å². The fourth-order valence-electron chi connectivity index (χ4n) is 2.64. The van der Waals surface area contributed by atoms with Crippen molar-refractivity contribution in [1.82, 2.24) is 5.32 Å². The number of alkyl carbamates (subject to hydrolysis) is 1. The first-order chi connectivity index (χ1) is 12.8. The highest BCUT2D eigenvalue weighted by molar-refractivity contribution is 7.99. The van der Waals surface area contributed by atoms with Crippen molar-refractivity contribution < 1.29 is 14.6 Å². The van der Waals surface area contributed by atoms with Crippen molar-refractivity contribution in [1.29, 1.82) is 0 Å². The molecule has 0 heterocycles. The molecule has 0 aliphatic heterocycles. The van der Waals surface area contributed by atoms with Gasteiger partial charge < -0.3 is 15.2 Å². The number of thioether (sulfide) groups is 1. The van der Waals surface area contributed by atoms with Crippen LogP contribution in [0.2, 0.25) is 25.7 Å². The maximum atomic E-state index is 12.3. The third-order valence-corrected chi connectivity index (χ3v) is 6.75. The molecular weight excluding hydrogens is 374 g/mol. The maximum absolute atomic E-state index is 12.3. The van der Waals surface area contributed by atoms with Gasteiger partial charge in [-0.3, -0.25) is 0 Å². The SMILES string of the molecule is C[Si](C)(C)C[C@H](O)[C@H](CSc1ccccc1)NC(=O)OCc1ccccc1. The van der Waals surface area contributed by atoms with E-state index in [1.165, 1.54) is 0 Å². The van der Waals surface area contributed by atoms with Crippen molar-refractivity contribution in [3.63, 3.8) is 0 Å². The molecule has 1 amide bonds. The van der Waals surface area contributed by atoms with Gasteiger partial charge in [0.25, 0.3) is 0 Å². The van der Waals surface area contributed by atoms with Gasteiger partial charge in [0.2, 0.25) is 0 Å². The lowest BCUT2D eigenvalue weighted by Crippen LogP contribution is -2.47. The van der Waals surface area contributed by atoms with E-state index in [2.05, 4.69) is 25.0 Å². The predicted molar refractivity (Wildman–Crippen MR) is 115 cm³/mol. The molecule has 2 rings (SSSR count). The molecule has 0 aromatic heterocycles. The second-order valence-electron chi connectivity index (χ2n) is 7.77. The maximum Gasteiger partial charge on any atom is 0.407 e. The van der Waals surface area contributed by atoms with Gasteiger partial charge in [0.15, 0.2) is 0 Å². The van der Waals surface area contributed by atoms with E-state index in [4.69, 9.17) is 4.74 Å². The number of ether oxygens (including phenoxy) is 1. The second kappa shape index (κ2) is 10.5. The van der Waals surface area contributed by atoms with E-state index in [1.54, 1.807) is 11.8 Å². The Morgan fingerprint density at radius 1 is 1.07 bits per heavy atom. The fraction of sp³-hybridized carbons (Fsp3) is 0.381. The number of benzene rings is 2. The Hall–Kier alpha value is -1.76. The van der Waals surface area contributed by atoms with Gasteiger partial charge in [-0.05, 0) is 23.7 Å². The van der Waals surface area contributed by atoms with E-state index in [-0.39, 0.29) is 12.6 Å². The minimum absolute atomic E-state index is 0.218. The molecule has 2 N–H and O–H groups in total. The number of amides is 1. The van der Waals surface area contributed by atoms with Gasteiger partial charge in [0.1, 0.15) is 6.61 Å². The third-order valence-electron chi connectivity index (χ3n) is 3.97. The van der Waals surface area contributed by atoms with Gasteiger partial charge in [-0.2, -0.15) is 0 Å². The van der Waals surface area contributed by atoms with E-state index < -0.39 is 20.3 Å². The molecule has 0 fully saturated rings. The average molecular weight is 404 g/mol. The summed E-state index contributed by atoms with van der Waals surface area (Å²) in [6.07, 6.45) is -1.08. The zero-order valence-electron chi connectivity index (χ0n) is 16.2. The summed E-state index contributed by atoms with van der Waals surface area (Å²) in [5, 5.41) is 13.6. The highest BCUT2D eigenvalue weighted by Crippen LogP contribution is 2.22. The molecule has 6 heteroatoms. The summed E-state index contributed by atoms with van der Waals surface area (Å²) in [5.41, 5.74) is 0.936. The van der Waals surface area contributed by atoms with E-state index in [0.717, 1.165) is 16.5 Å². The molecule has 2 aromatic carbocycles. The summed E-state index contributed by atoms with van der Waals surface area (Å²) in [6, 6.07) is 19.9. The molecule has 2 atom stereocenters. The first-order valence-corrected chi connectivity index (χ1v) is 13.9. The van der Waals surface area contributed by atoms with E-state index in [0.29, 0.717) is 5.75 Å². The Morgan fingerprint density at radius 2 is 1.67 bits per heavy atom. The number of aliphatic hydroxyl groups is 1. The Labute approximate surface area is 167 Å². The fourth-order valence-corrected chi connectivity index (χ4v) is 5.20. The summed E-state index contributed by atoms with van der Waals surface area (Å²) >= 11 is 1.62. The third kappa shape index (κ3) is 8.64. The van der Waals surface area contributed by atoms with Crippen molar-refractivity contribution >= 4 is 25.9 Å². The number of nitrogens with one attached hydrogen (secondary N) is 1. The predicted octanol–water partition coefficient (Wildman–Crippen LogP) is 4.77. The van der Waals surface area contributed by atoms with E-state index in [1.807, 2.05) is 60.7 Å². The van der Waals surface area contributed by atoms with Crippen molar-refractivity contribution in [2.75, 3.05) is 5.75 Å². The largest absolute Gasteiger partial charge is 0.445 e. The Bertz CT molecular complexity index is 692. The highest BCUT2D eigenvalue weighted by atomic mass is 32.2. The number of hydrogen-bond acceptors (Lipinski definition) is 4. The molecule has 4 nitrogen and oxygen atoms in total. The first kappa shape index (κ1) is 21.5. The van der Waals surface area contributed by atoms with Crippen LogP contribution < -0.4 is 5.32 Å². The summed E-state index contributed by atoms with van der Waals surface area (Å²) < 4.78 is 5.33. The van der Waals surface area contributed by atoms with Crippen molar-refractivity contribution in [3.05, 3.63) is 66.2 Å². The number of hydrogen-bond donors (Lipinski definition) is 2.